The number of carbonyl (C=O) groups is 2. The predicted octanol–water partition coefficient (Wildman–Crippen LogP) is 3.28. The van der Waals surface area contributed by atoms with Crippen LogP contribution in [0.15, 0.2) is 28.4 Å². The zero-order valence-electron chi connectivity index (χ0n) is 16.8. The van der Waals surface area contributed by atoms with Gasteiger partial charge in [-0.1, -0.05) is 6.07 Å². The average Bonchev–Trinajstić information content (AvgIpc) is 3.17. The molecule has 7 nitrogen and oxygen atoms in total. The highest BCUT2D eigenvalue weighted by Crippen LogP contribution is 2.33. The van der Waals surface area contributed by atoms with E-state index in [1.165, 1.54) is 35.5 Å². The van der Waals surface area contributed by atoms with E-state index in [1.807, 2.05) is 32.5 Å². The molecule has 4 heterocycles. The van der Waals surface area contributed by atoms with Gasteiger partial charge in [-0.3, -0.25) is 14.3 Å². The number of amides is 2. The van der Waals surface area contributed by atoms with E-state index in [9.17, 15) is 9.59 Å². The number of thiophene rings is 1. The molecular weight excluding hydrogens is 418 g/mol. The fourth-order valence-electron chi connectivity index (χ4n) is 3.90. The van der Waals surface area contributed by atoms with Gasteiger partial charge in [0.05, 0.1) is 29.2 Å². The minimum atomic E-state index is -0.112. The smallest absolute Gasteiger partial charge is 0.274 e. The molecule has 2 aliphatic rings. The first-order valence-corrected chi connectivity index (χ1v) is 12.0. The maximum atomic E-state index is 13.3. The first kappa shape index (κ1) is 19.4. The van der Waals surface area contributed by atoms with Gasteiger partial charge in [-0.2, -0.15) is 5.10 Å². The van der Waals surface area contributed by atoms with E-state index < -0.39 is 0 Å². The van der Waals surface area contributed by atoms with Gasteiger partial charge in [0, 0.05) is 43.2 Å². The number of nitrogens with zero attached hydrogens (tertiary/aromatic N) is 5. The standard InChI is InChI=1S/C21H23N5O2S2/c1-24(10-15-12-29-13-22-15)21(28)19-16-11-25(20(27)18-3-2-8-30-18)7-6-17(16)26(23-19)9-14-4-5-14/h2-3,8,12-14H,4-7,9-11H2,1H3. The highest BCUT2D eigenvalue weighted by atomic mass is 32.1. The molecule has 3 aromatic rings. The van der Waals surface area contributed by atoms with Crippen molar-refractivity contribution in [1.29, 1.82) is 0 Å². The van der Waals surface area contributed by atoms with Crippen LogP contribution < -0.4 is 0 Å². The van der Waals surface area contributed by atoms with Gasteiger partial charge in [-0.15, -0.1) is 22.7 Å². The quantitative estimate of drug-likeness (QED) is 0.589. The van der Waals surface area contributed by atoms with Crippen LogP contribution in [0.4, 0.5) is 0 Å². The summed E-state index contributed by atoms with van der Waals surface area (Å²) in [6.45, 7) is 2.40. The van der Waals surface area contributed by atoms with E-state index in [2.05, 4.69) is 4.98 Å². The molecule has 30 heavy (non-hydrogen) atoms. The van der Waals surface area contributed by atoms with E-state index in [0.29, 0.717) is 31.2 Å². The molecule has 0 spiro atoms. The van der Waals surface area contributed by atoms with Crippen LogP contribution in [0.25, 0.3) is 0 Å². The average molecular weight is 442 g/mol. The molecule has 0 bridgehead atoms. The Morgan fingerprint density at radius 3 is 2.90 bits per heavy atom. The molecule has 2 amide bonds. The fraction of sp³-hybridized carbons (Fsp3) is 0.429. The largest absolute Gasteiger partial charge is 0.334 e. The van der Waals surface area contributed by atoms with Gasteiger partial charge in [0.1, 0.15) is 0 Å². The summed E-state index contributed by atoms with van der Waals surface area (Å²) in [7, 11) is 1.78. The van der Waals surface area contributed by atoms with Crippen LogP contribution in [0.3, 0.4) is 0 Å². The highest BCUT2D eigenvalue weighted by molar-refractivity contribution is 7.12. The summed E-state index contributed by atoms with van der Waals surface area (Å²) < 4.78 is 2.03. The Hall–Kier alpha value is -2.52. The monoisotopic (exact) mass is 441 g/mol. The normalized spacial score (nSPS) is 15.8. The van der Waals surface area contributed by atoms with Crippen LogP contribution >= 0.6 is 22.7 Å². The molecule has 9 heteroatoms. The molecule has 5 rings (SSSR count). The molecule has 0 saturated heterocycles. The van der Waals surface area contributed by atoms with Crippen molar-refractivity contribution in [2.45, 2.75) is 38.9 Å². The summed E-state index contributed by atoms with van der Waals surface area (Å²) in [4.78, 5) is 34.7. The first-order valence-electron chi connectivity index (χ1n) is 10.1. The van der Waals surface area contributed by atoms with Crippen LogP contribution in [-0.4, -0.2) is 50.0 Å². The van der Waals surface area contributed by atoms with Crippen LogP contribution in [-0.2, 0) is 26.1 Å². The lowest BCUT2D eigenvalue weighted by Crippen LogP contribution is -2.37. The molecule has 1 fully saturated rings. The number of thiazole rings is 1. The number of hydrogen-bond donors (Lipinski definition) is 0. The lowest BCUT2D eigenvalue weighted by Gasteiger charge is -2.28. The third-order valence-corrected chi connectivity index (χ3v) is 7.21. The first-order chi connectivity index (χ1) is 14.6. The van der Waals surface area contributed by atoms with Gasteiger partial charge < -0.3 is 9.80 Å². The summed E-state index contributed by atoms with van der Waals surface area (Å²) in [6, 6.07) is 3.75. The van der Waals surface area contributed by atoms with E-state index in [4.69, 9.17) is 5.10 Å². The lowest BCUT2D eigenvalue weighted by atomic mass is 10.0. The molecule has 0 atom stereocenters. The van der Waals surface area contributed by atoms with Crippen molar-refractivity contribution < 1.29 is 9.59 Å². The van der Waals surface area contributed by atoms with Gasteiger partial charge >= 0.3 is 0 Å². The fourth-order valence-corrected chi connectivity index (χ4v) is 5.14. The van der Waals surface area contributed by atoms with E-state index >= 15 is 0 Å². The maximum Gasteiger partial charge on any atom is 0.274 e. The maximum absolute atomic E-state index is 13.3. The van der Waals surface area contributed by atoms with Crippen LogP contribution in [0.5, 0.6) is 0 Å². The Balaban J connectivity index is 1.43. The zero-order valence-corrected chi connectivity index (χ0v) is 18.4. The highest BCUT2D eigenvalue weighted by Gasteiger charge is 2.33. The van der Waals surface area contributed by atoms with E-state index in [-0.39, 0.29) is 11.8 Å². The Morgan fingerprint density at radius 1 is 1.33 bits per heavy atom. The van der Waals surface area contributed by atoms with Crippen LogP contribution in [0.1, 0.15) is 50.0 Å². The molecule has 3 aromatic heterocycles. The summed E-state index contributed by atoms with van der Waals surface area (Å²) >= 11 is 2.97. The molecule has 1 saturated carbocycles. The van der Waals surface area contributed by atoms with Crippen molar-refractivity contribution in [2.24, 2.45) is 5.92 Å². The Morgan fingerprint density at radius 2 is 2.20 bits per heavy atom. The van der Waals surface area contributed by atoms with Crippen molar-refractivity contribution >= 4 is 34.5 Å². The number of rotatable bonds is 6. The van der Waals surface area contributed by atoms with Crippen LogP contribution in [0.2, 0.25) is 0 Å². The Kier molecular flexibility index (Phi) is 5.16. The lowest BCUT2D eigenvalue weighted by molar-refractivity contribution is 0.0725. The zero-order chi connectivity index (χ0) is 20.7. The molecule has 156 valence electrons. The topological polar surface area (TPSA) is 71.3 Å². The molecule has 0 aromatic carbocycles. The number of hydrogen-bond acceptors (Lipinski definition) is 6. The molecule has 0 unspecified atom stereocenters. The molecule has 0 N–H and O–H groups in total. The third kappa shape index (κ3) is 3.79. The van der Waals surface area contributed by atoms with Gasteiger partial charge in [-0.05, 0) is 30.2 Å². The summed E-state index contributed by atoms with van der Waals surface area (Å²) in [5.74, 6) is 0.578. The summed E-state index contributed by atoms with van der Waals surface area (Å²) in [5.41, 5.74) is 5.14. The minimum Gasteiger partial charge on any atom is -0.334 e. The van der Waals surface area contributed by atoms with Gasteiger partial charge in [0.2, 0.25) is 0 Å². The van der Waals surface area contributed by atoms with Gasteiger partial charge in [-0.25, -0.2) is 4.98 Å². The van der Waals surface area contributed by atoms with Gasteiger partial charge in [0.15, 0.2) is 5.69 Å². The van der Waals surface area contributed by atoms with Crippen molar-refractivity contribution in [3.8, 4) is 0 Å². The Labute approximate surface area is 182 Å². The minimum absolute atomic E-state index is 0.0276. The number of fused-ring (bicyclic) bond motifs is 1. The summed E-state index contributed by atoms with van der Waals surface area (Å²) in [5, 5.41) is 8.62. The Bertz CT molecular complexity index is 1050. The molecular formula is C21H23N5O2S2. The second kappa shape index (κ2) is 7.96. The van der Waals surface area contributed by atoms with E-state index in [1.54, 1.807) is 17.5 Å². The second-order valence-electron chi connectivity index (χ2n) is 7.99. The van der Waals surface area contributed by atoms with Crippen LogP contribution in [0, 0.1) is 5.92 Å². The van der Waals surface area contributed by atoms with Crippen molar-refractivity contribution in [1.82, 2.24) is 24.6 Å². The molecule has 1 aliphatic heterocycles. The predicted molar refractivity (Wildman–Crippen MR) is 116 cm³/mol. The van der Waals surface area contributed by atoms with Crippen molar-refractivity contribution in [3.63, 3.8) is 0 Å². The van der Waals surface area contributed by atoms with Crippen molar-refractivity contribution in [2.75, 3.05) is 13.6 Å². The van der Waals surface area contributed by atoms with E-state index in [0.717, 1.165) is 34.8 Å². The van der Waals surface area contributed by atoms with Crippen molar-refractivity contribution in [3.05, 3.63) is 55.9 Å². The van der Waals surface area contributed by atoms with Gasteiger partial charge in [0.25, 0.3) is 11.8 Å². The molecule has 0 radical (unpaired) electrons. The number of carbonyl (C=O) groups excluding carboxylic acids is 2. The second-order valence-corrected chi connectivity index (χ2v) is 9.66. The SMILES string of the molecule is CN(Cc1cscn1)C(=O)c1nn(CC2CC2)c2c1CN(C(=O)c1cccs1)CC2. The third-order valence-electron chi connectivity index (χ3n) is 5.71. The number of aromatic nitrogens is 3. The summed E-state index contributed by atoms with van der Waals surface area (Å²) in [6.07, 6.45) is 3.19. The molecule has 1 aliphatic carbocycles.